The molecule has 0 radical (unpaired) electrons. The zero-order valence-corrected chi connectivity index (χ0v) is 10.3. The minimum absolute atomic E-state index is 0.315. The summed E-state index contributed by atoms with van der Waals surface area (Å²) in [7, 11) is 0. The van der Waals surface area contributed by atoms with Gasteiger partial charge in [-0.1, -0.05) is 0 Å². The summed E-state index contributed by atoms with van der Waals surface area (Å²) in [4.78, 5) is 15.1. The number of carboxylic acids is 1. The largest absolute Gasteiger partial charge is 0.478 e. The number of nitrogens with one attached hydrogen (secondary N) is 1. The van der Waals surface area contributed by atoms with Gasteiger partial charge in [0.2, 0.25) is 0 Å². The molecule has 1 aromatic heterocycles. The van der Waals surface area contributed by atoms with Crippen molar-refractivity contribution >= 4 is 11.7 Å². The first-order chi connectivity index (χ1) is 8.75. The summed E-state index contributed by atoms with van der Waals surface area (Å²) in [5.74, 6) is 1.58. The Bertz CT molecular complexity index is 441. The van der Waals surface area contributed by atoms with E-state index in [-0.39, 0.29) is 0 Å². The Morgan fingerprint density at radius 2 is 2.06 bits per heavy atom. The third-order valence-electron chi connectivity index (χ3n) is 4.03. The average Bonchev–Trinajstić information content (AvgIpc) is 3.24. The number of carboxylic acid groups (broad SMARTS) is 1. The fourth-order valence-electron chi connectivity index (χ4n) is 2.72. The van der Waals surface area contributed by atoms with Gasteiger partial charge >= 0.3 is 5.97 Å². The van der Waals surface area contributed by atoms with Crippen LogP contribution in [-0.4, -0.2) is 22.6 Å². The fraction of sp³-hybridized carbons (Fsp3) is 0.571. The van der Waals surface area contributed by atoms with Crippen molar-refractivity contribution in [1.82, 2.24) is 4.98 Å². The van der Waals surface area contributed by atoms with Gasteiger partial charge in [0.15, 0.2) is 0 Å². The zero-order valence-electron chi connectivity index (χ0n) is 10.3. The Hall–Kier alpha value is -1.58. The number of aromatic nitrogens is 1. The van der Waals surface area contributed by atoms with E-state index >= 15 is 0 Å². The molecule has 0 aromatic carbocycles. The molecule has 1 aromatic rings. The SMILES string of the molecule is O=C(O)c1ccncc1NCC(C1CC1)C1CC1. The lowest BCUT2D eigenvalue weighted by Gasteiger charge is -2.17. The Balaban J connectivity index is 1.66. The smallest absolute Gasteiger partial charge is 0.337 e. The zero-order chi connectivity index (χ0) is 12.5. The average molecular weight is 246 g/mol. The van der Waals surface area contributed by atoms with Gasteiger partial charge in [-0.05, 0) is 49.5 Å². The Labute approximate surface area is 106 Å². The van der Waals surface area contributed by atoms with Crippen LogP contribution in [0.25, 0.3) is 0 Å². The molecule has 0 unspecified atom stereocenters. The van der Waals surface area contributed by atoms with E-state index in [4.69, 9.17) is 5.11 Å². The second-order valence-corrected chi connectivity index (χ2v) is 5.45. The summed E-state index contributed by atoms with van der Waals surface area (Å²) in [5, 5.41) is 12.4. The van der Waals surface area contributed by atoms with Crippen molar-refractivity contribution < 1.29 is 9.90 Å². The predicted octanol–water partition coefficient (Wildman–Crippen LogP) is 2.63. The lowest BCUT2D eigenvalue weighted by atomic mass is 9.98. The molecular weight excluding hydrogens is 228 g/mol. The highest BCUT2D eigenvalue weighted by Crippen LogP contribution is 2.49. The summed E-state index contributed by atoms with van der Waals surface area (Å²) < 4.78 is 0. The molecule has 0 bridgehead atoms. The molecule has 2 fully saturated rings. The van der Waals surface area contributed by atoms with Gasteiger partial charge in [0.05, 0.1) is 17.4 Å². The van der Waals surface area contributed by atoms with Crippen LogP contribution in [0.15, 0.2) is 18.5 Å². The second kappa shape index (κ2) is 4.59. The Kier molecular flexibility index (Phi) is 2.94. The molecule has 0 atom stereocenters. The fourth-order valence-corrected chi connectivity index (χ4v) is 2.72. The van der Waals surface area contributed by atoms with Crippen molar-refractivity contribution in [2.24, 2.45) is 17.8 Å². The van der Waals surface area contributed by atoms with E-state index in [1.54, 1.807) is 12.3 Å². The third kappa shape index (κ3) is 2.47. The predicted molar refractivity (Wildman–Crippen MR) is 68.6 cm³/mol. The number of pyridine rings is 1. The van der Waals surface area contributed by atoms with Gasteiger partial charge in [-0.2, -0.15) is 0 Å². The van der Waals surface area contributed by atoms with Gasteiger partial charge in [-0.3, -0.25) is 4.98 Å². The lowest BCUT2D eigenvalue weighted by Crippen LogP contribution is -2.19. The number of hydrogen-bond donors (Lipinski definition) is 2. The molecule has 0 saturated heterocycles. The molecule has 2 N–H and O–H groups in total. The number of rotatable bonds is 6. The summed E-state index contributed by atoms with van der Waals surface area (Å²) in [6, 6.07) is 1.55. The van der Waals surface area contributed by atoms with Gasteiger partial charge in [-0.15, -0.1) is 0 Å². The summed E-state index contributed by atoms with van der Waals surface area (Å²) in [5.41, 5.74) is 0.964. The normalized spacial score (nSPS) is 18.9. The maximum atomic E-state index is 11.1. The molecule has 18 heavy (non-hydrogen) atoms. The van der Waals surface area contributed by atoms with Crippen LogP contribution in [0.1, 0.15) is 36.0 Å². The van der Waals surface area contributed by atoms with Crippen molar-refractivity contribution in [3.8, 4) is 0 Å². The van der Waals surface area contributed by atoms with Crippen LogP contribution in [0.2, 0.25) is 0 Å². The Morgan fingerprint density at radius 1 is 1.39 bits per heavy atom. The van der Waals surface area contributed by atoms with Crippen LogP contribution in [0, 0.1) is 17.8 Å². The van der Waals surface area contributed by atoms with Crippen molar-refractivity contribution in [1.29, 1.82) is 0 Å². The maximum Gasteiger partial charge on any atom is 0.337 e. The van der Waals surface area contributed by atoms with Crippen molar-refractivity contribution in [3.05, 3.63) is 24.0 Å². The molecule has 3 rings (SSSR count). The quantitative estimate of drug-likeness (QED) is 0.810. The highest BCUT2D eigenvalue weighted by molar-refractivity contribution is 5.93. The van der Waals surface area contributed by atoms with Gasteiger partial charge in [-0.25, -0.2) is 4.79 Å². The topological polar surface area (TPSA) is 62.2 Å². The van der Waals surface area contributed by atoms with Crippen molar-refractivity contribution in [3.63, 3.8) is 0 Å². The number of nitrogens with zero attached hydrogens (tertiary/aromatic N) is 1. The first kappa shape index (κ1) is 11.5. The number of aromatic carboxylic acids is 1. The minimum atomic E-state index is -0.894. The van der Waals surface area contributed by atoms with Crippen molar-refractivity contribution in [2.45, 2.75) is 25.7 Å². The van der Waals surface area contributed by atoms with E-state index in [1.807, 2.05) is 0 Å². The van der Waals surface area contributed by atoms with E-state index in [2.05, 4.69) is 10.3 Å². The highest BCUT2D eigenvalue weighted by atomic mass is 16.4. The first-order valence-corrected chi connectivity index (χ1v) is 6.67. The molecule has 96 valence electrons. The molecule has 2 saturated carbocycles. The van der Waals surface area contributed by atoms with Gasteiger partial charge in [0.1, 0.15) is 0 Å². The van der Waals surface area contributed by atoms with E-state index in [0.29, 0.717) is 11.3 Å². The van der Waals surface area contributed by atoms with Gasteiger partial charge in [0.25, 0.3) is 0 Å². The number of anilines is 1. The van der Waals surface area contributed by atoms with Crippen molar-refractivity contribution in [2.75, 3.05) is 11.9 Å². The monoisotopic (exact) mass is 246 g/mol. The third-order valence-corrected chi connectivity index (χ3v) is 4.03. The van der Waals surface area contributed by atoms with Crippen LogP contribution in [0.4, 0.5) is 5.69 Å². The second-order valence-electron chi connectivity index (χ2n) is 5.45. The lowest BCUT2D eigenvalue weighted by molar-refractivity contribution is 0.0698. The number of hydrogen-bond acceptors (Lipinski definition) is 3. The molecule has 2 aliphatic carbocycles. The van der Waals surface area contributed by atoms with Gasteiger partial charge < -0.3 is 10.4 Å². The van der Waals surface area contributed by atoms with Crippen LogP contribution >= 0.6 is 0 Å². The number of carbonyl (C=O) groups is 1. The maximum absolute atomic E-state index is 11.1. The molecule has 4 nitrogen and oxygen atoms in total. The molecule has 0 aliphatic heterocycles. The first-order valence-electron chi connectivity index (χ1n) is 6.67. The molecular formula is C14H18N2O2. The van der Waals surface area contributed by atoms with Crippen LogP contribution < -0.4 is 5.32 Å². The standard InChI is InChI=1S/C14H18N2O2/c17-14(18)11-5-6-15-8-13(11)16-7-12(9-1-2-9)10-3-4-10/h5-6,8-10,12,16H,1-4,7H2,(H,17,18). The van der Waals surface area contributed by atoms with E-state index in [0.717, 1.165) is 24.3 Å². The van der Waals surface area contributed by atoms with E-state index in [9.17, 15) is 4.79 Å². The molecule has 0 amide bonds. The van der Waals surface area contributed by atoms with Crippen LogP contribution in [0.5, 0.6) is 0 Å². The summed E-state index contributed by atoms with van der Waals surface area (Å²) in [6.45, 7) is 0.890. The molecule has 1 heterocycles. The van der Waals surface area contributed by atoms with E-state index < -0.39 is 5.97 Å². The molecule has 0 spiro atoms. The van der Waals surface area contributed by atoms with Crippen LogP contribution in [-0.2, 0) is 0 Å². The van der Waals surface area contributed by atoms with Gasteiger partial charge in [0, 0.05) is 12.7 Å². The minimum Gasteiger partial charge on any atom is -0.478 e. The van der Waals surface area contributed by atoms with Crippen LogP contribution in [0.3, 0.4) is 0 Å². The van der Waals surface area contributed by atoms with E-state index in [1.165, 1.54) is 31.9 Å². The Morgan fingerprint density at radius 3 is 2.61 bits per heavy atom. The summed E-state index contributed by atoms with van der Waals surface area (Å²) >= 11 is 0. The highest BCUT2D eigenvalue weighted by Gasteiger charge is 2.41. The summed E-state index contributed by atoms with van der Waals surface area (Å²) in [6.07, 6.45) is 8.53. The molecule has 2 aliphatic rings. The molecule has 4 heteroatoms.